The molecular formula is C3H8O4Zn. The van der Waals surface area contributed by atoms with Gasteiger partial charge < -0.3 is 15.7 Å². The van der Waals surface area contributed by atoms with E-state index in [1.54, 1.807) is 0 Å². The molecule has 0 unspecified atom stereocenters. The topological polar surface area (TPSA) is 89.0 Å². The molecule has 4 nitrogen and oxygen atoms in total. The molecule has 0 aliphatic rings. The minimum atomic E-state index is -1.23. The monoisotopic (exact) mass is 172 g/mol. The van der Waals surface area contributed by atoms with Crippen molar-refractivity contribution in [2.75, 3.05) is 0 Å². The summed E-state index contributed by atoms with van der Waals surface area (Å²) < 4.78 is 0. The second-order valence-corrected chi connectivity index (χ2v) is 1.01. The first-order chi connectivity index (χ1) is 2.64. The Morgan fingerprint density at radius 1 is 1.62 bits per heavy atom. The van der Waals surface area contributed by atoms with Crippen LogP contribution >= 0.6 is 0 Å². The molecule has 0 aliphatic carbocycles. The van der Waals surface area contributed by atoms with Gasteiger partial charge in [0.2, 0.25) is 0 Å². The van der Waals surface area contributed by atoms with E-state index in [9.17, 15) is 4.79 Å². The average molecular weight is 173 g/mol. The van der Waals surface area contributed by atoms with Crippen LogP contribution in [-0.4, -0.2) is 27.8 Å². The molecular weight excluding hydrogens is 165 g/mol. The van der Waals surface area contributed by atoms with Crippen molar-refractivity contribution in [2.45, 2.75) is 13.0 Å². The molecule has 0 fully saturated rings. The number of rotatable bonds is 1. The van der Waals surface area contributed by atoms with Crippen LogP contribution in [0.2, 0.25) is 0 Å². The van der Waals surface area contributed by atoms with Crippen molar-refractivity contribution in [3.8, 4) is 0 Å². The van der Waals surface area contributed by atoms with Gasteiger partial charge in [-0.05, 0) is 6.92 Å². The largest absolute Gasteiger partial charge is 0.479 e. The van der Waals surface area contributed by atoms with E-state index < -0.39 is 12.1 Å². The Morgan fingerprint density at radius 3 is 1.75 bits per heavy atom. The first-order valence-electron chi connectivity index (χ1n) is 1.55. The van der Waals surface area contributed by atoms with Gasteiger partial charge in [0.1, 0.15) is 6.10 Å². The maximum absolute atomic E-state index is 9.45. The molecule has 0 bridgehead atoms. The van der Waals surface area contributed by atoms with Gasteiger partial charge in [0.25, 0.3) is 0 Å². The molecule has 0 amide bonds. The van der Waals surface area contributed by atoms with Gasteiger partial charge in [0.15, 0.2) is 0 Å². The summed E-state index contributed by atoms with van der Waals surface area (Å²) in [5, 5.41) is 15.8. The Bertz CT molecular complexity index is 62.3. The number of carbonyl (C=O) groups is 1. The number of hydrogen-bond acceptors (Lipinski definition) is 2. The Labute approximate surface area is 59.6 Å². The third-order valence-corrected chi connectivity index (χ3v) is 0.357. The summed E-state index contributed by atoms with van der Waals surface area (Å²) in [5.41, 5.74) is 0. The molecule has 0 spiro atoms. The van der Waals surface area contributed by atoms with Gasteiger partial charge in [-0.25, -0.2) is 4.79 Å². The molecule has 4 N–H and O–H groups in total. The van der Waals surface area contributed by atoms with Crippen molar-refractivity contribution in [1.29, 1.82) is 0 Å². The molecule has 0 aromatic rings. The van der Waals surface area contributed by atoms with Gasteiger partial charge in [0.05, 0.1) is 0 Å². The maximum Gasteiger partial charge on any atom is 0.332 e. The molecule has 8 heavy (non-hydrogen) atoms. The predicted molar refractivity (Wildman–Crippen MR) is 22.9 cm³/mol. The third kappa shape index (κ3) is 9.38. The summed E-state index contributed by atoms with van der Waals surface area (Å²) in [4.78, 5) is 9.45. The fourth-order valence-electron chi connectivity index (χ4n) is 0. The SMILES string of the molecule is C[C@H](O)C(=O)O.O.[Zn]. The average Bonchev–Trinajstić information content (AvgIpc) is 1.36. The normalized spacial score (nSPS) is 10.2. The molecule has 0 aliphatic heterocycles. The van der Waals surface area contributed by atoms with Crippen LogP contribution in [0.4, 0.5) is 0 Å². The van der Waals surface area contributed by atoms with E-state index in [-0.39, 0.29) is 25.0 Å². The Morgan fingerprint density at radius 2 is 1.75 bits per heavy atom. The van der Waals surface area contributed by atoms with E-state index >= 15 is 0 Å². The Kier molecular flexibility index (Phi) is 13.7. The maximum atomic E-state index is 9.45. The molecule has 0 radical (unpaired) electrons. The first kappa shape index (κ1) is 15.7. The van der Waals surface area contributed by atoms with Gasteiger partial charge in [-0.3, -0.25) is 0 Å². The van der Waals surface area contributed by atoms with Crippen LogP contribution in [0.15, 0.2) is 0 Å². The van der Waals surface area contributed by atoms with Crippen molar-refractivity contribution in [3.63, 3.8) is 0 Å². The van der Waals surface area contributed by atoms with Crippen molar-refractivity contribution in [2.24, 2.45) is 0 Å². The van der Waals surface area contributed by atoms with Gasteiger partial charge in [-0.2, -0.15) is 0 Å². The first-order valence-corrected chi connectivity index (χ1v) is 1.55. The van der Waals surface area contributed by atoms with Crippen molar-refractivity contribution in [3.05, 3.63) is 0 Å². The summed E-state index contributed by atoms with van der Waals surface area (Å²) in [6.45, 7) is 1.20. The molecule has 0 rings (SSSR count). The second-order valence-electron chi connectivity index (χ2n) is 1.01. The summed E-state index contributed by atoms with van der Waals surface area (Å²) in [7, 11) is 0. The molecule has 0 saturated heterocycles. The smallest absolute Gasteiger partial charge is 0.332 e. The number of hydrogen-bond donors (Lipinski definition) is 2. The molecule has 1 atom stereocenters. The molecule has 0 saturated carbocycles. The number of aliphatic hydroxyl groups excluding tert-OH is 1. The van der Waals surface area contributed by atoms with Gasteiger partial charge in [-0.1, -0.05) is 0 Å². The molecule has 0 aromatic heterocycles. The predicted octanol–water partition coefficient (Wildman–Crippen LogP) is -1.38. The van der Waals surface area contributed by atoms with Crippen LogP contribution in [-0.2, 0) is 24.3 Å². The van der Waals surface area contributed by atoms with Gasteiger partial charge in [0, 0.05) is 19.5 Å². The Hall–Kier alpha value is 0.0134. The van der Waals surface area contributed by atoms with Gasteiger partial charge in [-0.15, -0.1) is 0 Å². The van der Waals surface area contributed by atoms with Crippen molar-refractivity contribution >= 4 is 5.97 Å². The van der Waals surface area contributed by atoms with E-state index in [1.807, 2.05) is 0 Å². The zero-order valence-corrected chi connectivity index (χ0v) is 7.55. The number of carboxylic acids is 1. The van der Waals surface area contributed by atoms with Crippen LogP contribution in [0.5, 0.6) is 0 Å². The third-order valence-electron chi connectivity index (χ3n) is 0.357. The van der Waals surface area contributed by atoms with E-state index in [0.717, 1.165) is 0 Å². The fourth-order valence-corrected chi connectivity index (χ4v) is 0. The zero-order chi connectivity index (χ0) is 5.15. The number of aliphatic hydroxyl groups is 1. The molecule has 5 heteroatoms. The van der Waals surface area contributed by atoms with E-state index in [0.29, 0.717) is 0 Å². The van der Waals surface area contributed by atoms with Crippen LogP contribution < -0.4 is 0 Å². The minimum absolute atomic E-state index is 0. The molecule has 46 valence electrons. The van der Waals surface area contributed by atoms with Crippen LogP contribution in [0.3, 0.4) is 0 Å². The summed E-state index contributed by atoms with van der Waals surface area (Å²) in [6.07, 6.45) is -1.23. The summed E-state index contributed by atoms with van der Waals surface area (Å²) in [5.74, 6) is -1.19. The van der Waals surface area contributed by atoms with Crippen molar-refractivity contribution < 1.29 is 40.0 Å². The van der Waals surface area contributed by atoms with E-state index in [4.69, 9.17) is 10.2 Å². The van der Waals surface area contributed by atoms with Crippen molar-refractivity contribution in [1.82, 2.24) is 0 Å². The molecule has 0 heterocycles. The summed E-state index contributed by atoms with van der Waals surface area (Å²) in [6, 6.07) is 0. The van der Waals surface area contributed by atoms with E-state index in [1.165, 1.54) is 6.92 Å². The fraction of sp³-hybridized carbons (Fsp3) is 0.667. The van der Waals surface area contributed by atoms with Crippen LogP contribution in [0.1, 0.15) is 6.92 Å². The van der Waals surface area contributed by atoms with E-state index in [2.05, 4.69) is 0 Å². The number of carboxylic acid groups (broad SMARTS) is 1. The number of aliphatic carboxylic acids is 1. The quantitative estimate of drug-likeness (QED) is 0.479. The minimum Gasteiger partial charge on any atom is -0.479 e. The van der Waals surface area contributed by atoms with Gasteiger partial charge >= 0.3 is 5.97 Å². The Balaban J connectivity index is -0.000000125. The second kappa shape index (κ2) is 7.01. The summed E-state index contributed by atoms with van der Waals surface area (Å²) >= 11 is 0. The zero-order valence-electron chi connectivity index (χ0n) is 4.59. The standard InChI is InChI=1S/C3H6O3.H2O.Zn/c1-2(4)3(5)6;;/h2,4H,1H3,(H,5,6);1H2;/t2-;;/m0../s1. The van der Waals surface area contributed by atoms with Crippen LogP contribution in [0, 0.1) is 0 Å². The van der Waals surface area contributed by atoms with Crippen LogP contribution in [0.25, 0.3) is 0 Å². The molecule has 0 aromatic carbocycles.